The fraction of sp³-hybridized carbons (Fsp3) is 0.367. The average molecular weight is 490 g/mol. The summed E-state index contributed by atoms with van der Waals surface area (Å²) < 4.78 is 18.6. The molecule has 0 unspecified atom stereocenters. The molecular formula is C30H36FN3O2. The van der Waals surface area contributed by atoms with E-state index in [2.05, 4.69) is 34.5 Å². The lowest BCUT2D eigenvalue weighted by Gasteiger charge is -2.33. The van der Waals surface area contributed by atoms with E-state index >= 15 is 0 Å². The zero-order valence-electron chi connectivity index (χ0n) is 21.3. The third-order valence-corrected chi connectivity index (χ3v) is 6.89. The molecule has 3 aromatic carbocycles. The van der Waals surface area contributed by atoms with Gasteiger partial charge in [-0.05, 0) is 85.3 Å². The van der Waals surface area contributed by atoms with Crippen molar-refractivity contribution in [2.75, 3.05) is 26.7 Å². The Bertz CT molecular complexity index is 1130. The number of hydrogen-bond donors (Lipinski definition) is 1. The number of urea groups is 1. The van der Waals surface area contributed by atoms with Gasteiger partial charge in [0, 0.05) is 26.2 Å². The van der Waals surface area contributed by atoms with Gasteiger partial charge >= 0.3 is 6.03 Å². The van der Waals surface area contributed by atoms with Crippen molar-refractivity contribution in [2.24, 2.45) is 0 Å². The number of hydrogen-bond acceptors (Lipinski definition) is 3. The topological polar surface area (TPSA) is 44.8 Å². The Morgan fingerprint density at radius 3 is 2.47 bits per heavy atom. The van der Waals surface area contributed by atoms with Gasteiger partial charge in [-0.25, -0.2) is 9.18 Å². The van der Waals surface area contributed by atoms with Crippen molar-refractivity contribution in [1.29, 1.82) is 0 Å². The highest BCUT2D eigenvalue weighted by atomic mass is 19.1. The predicted molar refractivity (Wildman–Crippen MR) is 141 cm³/mol. The molecule has 4 rings (SSSR count). The van der Waals surface area contributed by atoms with E-state index in [1.165, 1.54) is 23.3 Å². The van der Waals surface area contributed by atoms with Gasteiger partial charge in [-0.1, -0.05) is 48.5 Å². The van der Waals surface area contributed by atoms with Gasteiger partial charge in [-0.3, -0.25) is 4.90 Å². The van der Waals surface area contributed by atoms with Crippen LogP contribution in [0.25, 0.3) is 0 Å². The van der Waals surface area contributed by atoms with Crippen LogP contribution in [-0.4, -0.2) is 42.6 Å². The maximum atomic E-state index is 13.2. The van der Waals surface area contributed by atoms with Crippen LogP contribution < -0.4 is 10.1 Å². The number of carbonyl (C=O) groups is 1. The SMILES string of the molecule is CCNC(=O)N(Cc1cccc(OC)c1)Cc1ccccc1C1CCN(Cc2ccc(F)cc2)CC1. The van der Waals surface area contributed by atoms with Crippen LogP contribution in [-0.2, 0) is 19.6 Å². The first kappa shape index (κ1) is 25.7. The highest BCUT2D eigenvalue weighted by Gasteiger charge is 2.24. The Labute approximate surface area is 213 Å². The van der Waals surface area contributed by atoms with Crippen LogP contribution in [0.4, 0.5) is 9.18 Å². The number of carbonyl (C=O) groups excluding carboxylic acids is 1. The lowest BCUT2D eigenvalue weighted by molar-refractivity contribution is 0.191. The number of nitrogens with zero attached hydrogens (tertiary/aromatic N) is 2. The molecule has 0 spiro atoms. The minimum atomic E-state index is -0.192. The molecule has 3 aromatic rings. The van der Waals surface area contributed by atoms with E-state index in [9.17, 15) is 9.18 Å². The monoisotopic (exact) mass is 489 g/mol. The Hall–Kier alpha value is -3.38. The standard InChI is InChI=1S/C30H36FN3O2/c1-3-32-30(35)34(21-24-7-6-9-28(19-24)36-2)22-26-8-4-5-10-29(26)25-15-17-33(18-16-25)20-23-11-13-27(31)14-12-23/h4-14,19,25H,3,15-18,20-22H2,1-2H3,(H,32,35). The van der Waals surface area contributed by atoms with Gasteiger partial charge in [0.1, 0.15) is 11.6 Å². The van der Waals surface area contributed by atoms with E-state index < -0.39 is 0 Å². The van der Waals surface area contributed by atoms with Crippen molar-refractivity contribution in [3.05, 3.63) is 101 Å². The molecule has 0 radical (unpaired) electrons. The molecule has 0 saturated carbocycles. The van der Waals surface area contributed by atoms with Gasteiger partial charge in [0.15, 0.2) is 0 Å². The number of amides is 2. The van der Waals surface area contributed by atoms with Crippen molar-refractivity contribution in [1.82, 2.24) is 15.1 Å². The normalized spacial score (nSPS) is 14.4. The summed E-state index contributed by atoms with van der Waals surface area (Å²) in [6, 6.07) is 23.1. The van der Waals surface area contributed by atoms with Crippen molar-refractivity contribution < 1.29 is 13.9 Å². The van der Waals surface area contributed by atoms with E-state index in [-0.39, 0.29) is 11.8 Å². The first-order valence-electron chi connectivity index (χ1n) is 12.8. The molecule has 1 heterocycles. The molecule has 5 nitrogen and oxygen atoms in total. The molecule has 1 aliphatic heterocycles. The fourth-order valence-corrected chi connectivity index (χ4v) is 4.99. The van der Waals surface area contributed by atoms with E-state index in [0.717, 1.165) is 49.4 Å². The summed E-state index contributed by atoms with van der Waals surface area (Å²) in [6.45, 7) is 6.43. The summed E-state index contributed by atoms with van der Waals surface area (Å²) in [5, 5.41) is 2.97. The summed E-state index contributed by atoms with van der Waals surface area (Å²) >= 11 is 0. The first-order chi connectivity index (χ1) is 17.6. The van der Waals surface area contributed by atoms with Crippen LogP contribution in [0.2, 0.25) is 0 Å². The molecule has 0 atom stereocenters. The molecule has 1 saturated heterocycles. The second kappa shape index (κ2) is 12.5. The van der Waals surface area contributed by atoms with E-state index in [1.54, 1.807) is 7.11 Å². The van der Waals surface area contributed by atoms with Crippen LogP contribution in [0.15, 0.2) is 72.8 Å². The van der Waals surface area contributed by atoms with Crippen molar-refractivity contribution in [3.63, 3.8) is 0 Å². The quantitative estimate of drug-likeness (QED) is 0.404. The fourth-order valence-electron chi connectivity index (χ4n) is 4.99. The highest BCUT2D eigenvalue weighted by Crippen LogP contribution is 2.32. The van der Waals surface area contributed by atoms with E-state index in [0.29, 0.717) is 25.6 Å². The molecule has 0 aromatic heterocycles. The van der Waals surface area contributed by atoms with Gasteiger partial charge in [0.05, 0.1) is 7.11 Å². The maximum Gasteiger partial charge on any atom is 0.317 e. The van der Waals surface area contributed by atoms with Gasteiger partial charge < -0.3 is 15.0 Å². The molecule has 0 aliphatic carbocycles. The molecule has 190 valence electrons. The lowest BCUT2D eigenvalue weighted by atomic mass is 9.86. The summed E-state index contributed by atoms with van der Waals surface area (Å²) in [4.78, 5) is 17.3. The molecule has 0 bridgehead atoms. The second-order valence-electron chi connectivity index (χ2n) is 9.42. The molecule has 6 heteroatoms. The Morgan fingerprint density at radius 2 is 1.75 bits per heavy atom. The average Bonchev–Trinajstić information content (AvgIpc) is 2.91. The number of halogens is 1. The van der Waals surface area contributed by atoms with Crippen molar-refractivity contribution in [3.8, 4) is 5.75 Å². The lowest BCUT2D eigenvalue weighted by Crippen LogP contribution is -2.39. The summed E-state index contributed by atoms with van der Waals surface area (Å²) in [5.41, 5.74) is 4.71. The molecule has 1 N–H and O–H groups in total. The highest BCUT2D eigenvalue weighted by molar-refractivity contribution is 5.74. The first-order valence-corrected chi connectivity index (χ1v) is 12.8. The molecule has 36 heavy (non-hydrogen) atoms. The number of rotatable bonds is 9. The van der Waals surface area contributed by atoms with Crippen molar-refractivity contribution >= 4 is 6.03 Å². The molecule has 1 fully saturated rings. The molecular weight excluding hydrogens is 453 g/mol. The predicted octanol–water partition coefficient (Wildman–Crippen LogP) is 5.95. The van der Waals surface area contributed by atoms with Gasteiger partial charge in [0.25, 0.3) is 0 Å². The minimum absolute atomic E-state index is 0.0655. The molecule has 2 amide bonds. The van der Waals surface area contributed by atoms with Crippen LogP contribution in [0.1, 0.15) is 47.9 Å². The van der Waals surface area contributed by atoms with Crippen LogP contribution >= 0.6 is 0 Å². The van der Waals surface area contributed by atoms with Gasteiger partial charge in [-0.2, -0.15) is 0 Å². The number of likely N-dealkylation sites (tertiary alicyclic amines) is 1. The summed E-state index contributed by atoms with van der Waals surface area (Å²) in [7, 11) is 1.65. The van der Waals surface area contributed by atoms with Gasteiger partial charge in [-0.15, -0.1) is 0 Å². The van der Waals surface area contributed by atoms with Crippen molar-refractivity contribution in [2.45, 2.75) is 45.3 Å². The molecule has 1 aliphatic rings. The number of benzene rings is 3. The Morgan fingerprint density at radius 1 is 1.00 bits per heavy atom. The van der Waals surface area contributed by atoms with Crippen LogP contribution in [0.5, 0.6) is 5.75 Å². The summed E-state index contributed by atoms with van der Waals surface area (Å²) in [5.74, 6) is 1.05. The third-order valence-electron chi connectivity index (χ3n) is 6.89. The number of piperidine rings is 1. The van der Waals surface area contributed by atoms with Crippen LogP contribution in [0.3, 0.4) is 0 Å². The largest absolute Gasteiger partial charge is 0.497 e. The van der Waals surface area contributed by atoms with Gasteiger partial charge in [0.2, 0.25) is 0 Å². The summed E-state index contributed by atoms with van der Waals surface area (Å²) in [6.07, 6.45) is 2.13. The second-order valence-corrected chi connectivity index (χ2v) is 9.42. The van der Waals surface area contributed by atoms with Crippen LogP contribution in [0, 0.1) is 5.82 Å². The Balaban J connectivity index is 1.44. The van der Waals surface area contributed by atoms with E-state index in [1.807, 2.05) is 48.2 Å². The zero-order chi connectivity index (χ0) is 25.3. The minimum Gasteiger partial charge on any atom is -0.497 e. The maximum absolute atomic E-state index is 13.2. The zero-order valence-corrected chi connectivity index (χ0v) is 21.3. The smallest absolute Gasteiger partial charge is 0.317 e. The number of nitrogens with one attached hydrogen (secondary N) is 1. The number of ether oxygens (including phenoxy) is 1. The number of methoxy groups -OCH3 is 1. The van der Waals surface area contributed by atoms with E-state index in [4.69, 9.17) is 4.74 Å². The third kappa shape index (κ3) is 6.85. The Kier molecular flexibility index (Phi) is 8.95.